The van der Waals surface area contributed by atoms with E-state index in [1.165, 1.54) is 24.3 Å². The summed E-state index contributed by atoms with van der Waals surface area (Å²) in [4.78, 5) is 10.5. The molecule has 1 rings (SSSR count). The lowest BCUT2D eigenvalue weighted by molar-refractivity contribution is -0.126. The minimum Gasteiger partial charge on any atom is -0.422 e. The maximum absolute atomic E-state index is 12.3. The molecule has 0 bridgehead atoms. The summed E-state index contributed by atoms with van der Waals surface area (Å²) in [5.41, 5.74) is 0. The first-order valence-corrected chi connectivity index (χ1v) is 3.20. The van der Waals surface area contributed by atoms with Gasteiger partial charge in [-0.3, -0.25) is 0 Å². The van der Waals surface area contributed by atoms with E-state index in [4.69, 9.17) is 5.41 Å². The summed E-state index contributed by atoms with van der Waals surface area (Å²) in [6.07, 6.45) is 0.545. The van der Waals surface area contributed by atoms with Crippen molar-refractivity contribution in [1.29, 1.82) is 5.41 Å². The van der Waals surface area contributed by atoms with Gasteiger partial charge in [-0.1, -0.05) is 0 Å². The smallest absolute Gasteiger partial charge is 0.354 e. The lowest BCUT2D eigenvalue weighted by atomic mass is 10.3. The highest BCUT2D eigenvalue weighted by Crippen LogP contribution is 2.10. The number of rotatable bonds is 2. The molecule has 1 aromatic rings. The molecule has 0 radical (unpaired) electrons. The van der Waals surface area contributed by atoms with E-state index in [-0.39, 0.29) is 5.75 Å². The SMILES string of the molecule is N=CC(=O)Oc1ccc(F)cc1. The van der Waals surface area contributed by atoms with E-state index in [0.717, 1.165) is 0 Å². The molecule has 0 saturated heterocycles. The molecule has 0 aliphatic carbocycles. The Balaban J connectivity index is 2.71. The van der Waals surface area contributed by atoms with Crippen molar-refractivity contribution in [3.8, 4) is 5.75 Å². The van der Waals surface area contributed by atoms with Crippen LogP contribution in [-0.4, -0.2) is 12.2 Å². The number of ether oxygens (including phenoxy) is 1. The number of nitrogens with one attached hydrogen (secondary N) is 1. The fourth-order valence-electron chi connectivity index (χ4n) is 0.648. The number of carbonyl (C=O) groups excluding carboxylic acids is 1. The van der Waals surface area contributed by atoms with E-state index in [2.05, 4.69) is 4.74 Å². The van der Waals surface area contributed by atoms with Crippen LogP contribution in [0.3, 0.4) is 0 Å². The lowest BCUT2D eigenvalue weighted by Gasteiger charge is -1.98. The Kier molecular flexibility index (Phi) is 2.53. The van der Waals surface area contributed by atoms with Crippen LogP contribution in [0, 0.1) is 11.2 Å². The van der Waals surface area contributed by atoms with Crippen LogP contribution in [-0.2, 0) is 4.79 Å². The quantitative estimate of drug-likeness (QED) is 0.411. The molecule has 3 nitrogen and oxygen atoms in total. The molecule has 1 N–H and O–H groups in total. The summed E-state index contributed by atoms with van der Waals surface area (Å²) in [6.45, 7) is 0. The average Bonchev–Trinajstić information content (AvgIpc) is 2.09. The third kappa shape index (κ3) is 2.16. The van der Waals surface area contributed by atoms with Crippen LogP contribution in [0.5, 0.6) is 5.75 Å². The van der Waals surface area contributed by atoms with Gasteiger partial charge in [-0.15, -0.1) is 0 Å². The van der Waals surface area contributed by atoms with Crippen LogP contribution < -0.4 is 4.74 Å². The van der Waals surface area contributed by atoms with Crippen LogP contribution in [0.15, 0.2) is 24.3 Å². The molecule has 0 saturated carbocycles. The van der Waals surface area contributed by atoms with Gasteiger partial charge in [0, 0.05) is 0 Å². The Bertz CT molecular complexity index is 294. The minimum atomic E-state index is -0.776. The van der Waals surface area contributed by atoms with Gasteiger partial charge in [-0.2, -0.15) is 0 Å². The summed E-state index contributed by atoms with van der Waals surface area (Å²) in [7, 11) is 0. The lowest BCUT2D eigenvalue weighted by Crippen LogP contribution is -2.07. The summed E-state index contributed by atoms with van der Waals surface area (Å²) in [5.74, 6) is -0.948. The molecule has 1 aromatic carbocycles. The van der Waals surface area contributed by atoms with Gasteiger partial charge in [-0.25, -0.2) is 9.18 Å². The molecule has 0 amide bonds. The molecule has 0 spiro atoms. The Morgan fingerprint density at radius 1 is 1.42 bits per heavy atom. The molecular weight excluding hydrogens is 161 g/mol. The topological polar surface area (TPSA) is 50.2 Å². The first-order valence-electron chi connectivity index (χ1n) is 3.20. The summed E-state index contributed by atoms with van der Waals surface area (Å²) < 4.78 is 16.9. The maximum Gasteiger partial charge on any atom is 0.354 e. The molecule has 0 aliphatic rings. The summed E-state index contributed by atoms with van der Waals surface area (Å²) in [6, 6.07) is 4.98. The second-order valence-corrected chi connectivity index (χ2v) is 2.02. The molecule has 0 aliphatic heterocycles. The first kappa shape index (κ1) is 8.39. The van der Waals surface area contributed by atoms with Crippen LogP contribution in [0.4, 0.5) is 4.39 Å². The van der Waals surface area contributed by atoms with Crippen LogP contribution >= 0.6 is 0 Å². The first-order chi connectivity index (χ1) is 5.72. The van der Waals surface area contributed by atoms with Crippen LogP contribution in [0.25, 0.3) is 0 Å². The molecule has 4 heteroatoms. The Labute approximate surface area is 68.3 Å². The fraction of sp³-hybridized carbons (Fsp3) is 0. The molecule has 0 unspecified atom stereocenters. The average molecular weight is 167 g/mol. The van der Waals surface area contributed by atoms with Crippen LogP contribution in [0.2, 0.25) is 0 Å². The van der Waals surface area contributed by atoms with E-state index in [0.29, 0.717) is 6.21 Å². The summed E-state index contributed by atoms with van der Waals surface area (Å²) in [5, 5.41) is 6.53. The minimum absolute atomic E-state index is 0.227. The highest BCUT2D eigenvalue weighted by Gasteiger charge is 1.99. The third-order valence-corrected chi connectivity index (χ3v) is 1.15. The number of benzene rings is 1. The van der Waals surface area contributed by atoms with Crippen molar-refractivity contribution in [2.75, 3.05) is 0 Å². The number of carbonyl (C=O) groups is 1. The molecular formula is C8H6FNO2. The Morgan fingerprint density at radius 2 is 2.00 bits per heavy atom. The van der Waals surface area contributed by atoms with Crippen molar-refractivity contribution >= 4 is 12.2 Å². The van der Waals surface area contributed by atoms with Gasteiger partial charge in [0.25, 0.3) is 0 Å². The van der Waals surface area contributed by atoms with Gasteiger partial charge in [0.05, 0.1) is 0 Å². The van der Waals surface area contributed by atoms with Crippen LogP contribution in [0.1, 0.15) is 0 Å². The van der Waals surface area contributed by atoms with Gasteiger partial charge in [0.15, 0.2) is 0 Å². The van der Waals surface area contributed by atoms with Crippen molar-refractivity contribution in [2.45, 2.75) is 0 Å². The molecule has 12 heavy (non-hydrogen) atoms. The van der Waals surface area contributed by atoms with Gasteiger partial charge in [0.1, 0.15) is 17.8 Å². The number of esters is 1. The largest absolute Gasteiger partial charge is 0.422 e. The standard InChI is InChI=1S/C8H6FNO2/c9-6-1-3-7(4-2-6)12-8(11)5-10/h1-5,10H. The van der Waals surface area contributed by atoms with Crippen molar-refractivity contribution < 1.29 is 13.9 Å². The Morgan fingerprint density at radius 3 is 2.50 bits per heavy atom. The normalized spacial score (nSPS) is 9.08. The molecule has 0 fully saturated rings. The molecule has 62 valence electrons. The molecule has 0 aromatic heterocycles. The highest BCUT2D eigenvalue weighted by atomic mass is 19.1. The highest BCUT2D eigenvalue weighted by molar-refractivity contribution is 6.22. The zero-order chi connectivity index (χ0) is 8.97. The Hall–Kier alpha value is -1.71. The van der Waals surface area contributed by atoms with Crippen molar-refractivity contribution in [2.24, 2.45) is 0 Å². The predicted octanol–water partition coefficient (Wildman–Crippen LogP) is 1.38. The second-order valence-electron chi connectivity index (χ2n) is 2.02. The zero-order valence-corrected chi connectivity index (χ0v) is 6.08. The monoisotopic (exact) mass is 167 g/mol. The van der Waals surface area contributed by atoms with E-state index < -0.39 is 11.8 Å². The van der Waals surface area contributed by atoms with Crippen molar-refractivity contribution in [3.05, 3.63) is 30.1 Å². The van der Waals surface area contributed by atoms with Gasteiger partial charge >= 0.3 is 5.97 Å². The predicted molar refractivity (Wildman–Crippen MR) is 40.8 cm³/mol. The van der Waals surface area contributed by atoms with Crippen molar-refractivity contribution in [1.82, 2.24) is 0 Å². The van der Waals surface area contributed by atoms with E-state index >= 15 is 0 Å². The third-order valence-electron chi connectivity index (χ3n) is 1.15. The zero-order valence-electron chi connectivity index (χ0n) is 6.08. The van der Waals surface area contributed by atoms with E-state index in [9.17, 15) is 9.18 Å². The second kappa shape index (κ2) is 3.61. The number of halogens is 1. The van der Waals surface area contributed by atoms with E-state index in [1.807, 2.05) is 0 Å². The maximum atomic E-state index is 12.3. The van der Waals surface area contributed by atoms with Crippen molar-refractivity contribution in [3.63, 3.8) is 0 Å². The van der Waals surface area contributed by atoms with E-state index in [1.54, 1.807) is 0 Å². The van der Waals surface area contributed by atoms with Gasteiger partial charge < -0.3 is 10.1 Å². The molecule has 0 heterocycles. The van der Waals surface area contributed by atoms with Gasteiger partial charge in [0.2, 0.25) is 0 Å². The fourth-order valence-corrected chi connectivity index (χ4v) is 0.648. The van der Waals surface area contributed by atoms with Gasteiger partial charge in [-0.05, 0) is 24.3 Å². The number of hydrogen-bond donors (Lipinski definition) is 1. The summed E-state index contributed by atoms with van der Waals surface area (Å²) >= 11 is 0. The number of hydrogen-bond acceptors (Lipinski definition) is 3. The molecule has 0 atom stereocenters.